The molecular weight excluding hydrogens is 353 g/mol. The zero-order valence-electron chi connectivity index (χ0n) is 13.7. The summed E-state index contributed by atoms with van der Waals surface area (Å²) in [6.45, 7) is 9.06. The van der Waals surface area contributed by atoms with Crippen molar-refractivity contribution in [1.82, 2.24) is 14.8 Å². The van der Waals surface area contributed by atoms with Crippen LogP contribution in [-0.4, -0.2) is 20.4 Å². The lowest BCUT2D eigenvalue weighted by molar-refractivity contribution is -0.0531. The van der Waals surface area contributed by atoms with Gasteiger partial charge >= 0.3 is 0 Å². The molecule has 0 aliphatic heterocycles. The Morgan fingerprint density at radius 3 is 2.48 bits per heavy atom. The maximum Gasteiger partial charge on any atom is 0.215 e. The summed E-state index contributed by atoms with van der Waals surface area (Å²) in [6, 6.07) is 5.25. The van der Waals surface area contributed by atoms with Crippen molar-refractivity contribution in [2.45, 2.75) is 46.3 Å². The summed E-state index contributed by atoms with van der Waals surface area (Å²) in [4.78, 5) is 4.08. The van der Waals surface area contributed by atoms with E-state index in [0.717, 1.165) is 6.42 Å². The van der Waals surface area contributed by atoms with Gasteiger partial charge in [0.25, 0.3) is 0 Å². The topological polar surface area (TPSA) is 42.8 Å². The number of rotatable bonds is 5. The molecule has 23 heavy (non-hydrogen) atoms. The van der Waals surface area contributed by atoms with Crippen LogP contribution in [0.15, 0.2) is 24.5 Å². The van der Waals surface area contributed by atoms with Crippen molar-refractivity contribution >= 4 is 35.4 Å². The molecule has 1 heterocycles. The summed E-state index contributed by atoms with van der Waals surface area (Å²) in [5, 5.41) is 4.12. The second-order valence-electron chi connectivity index (χ2n) is 6.53. The molecule has 1 N–H and O–H groups in total. The molecule has 0 aliphatic rings. The van der Waals surface area contributed by atoms with Crippen LogP contribution in [0.4, 0.5) is 0 Å². The van der Waals surface area contributed by atoms with Gasteiger partial charge in [-0.1, -0.05) is 50.9 Å². The zero-order valence-corrected chi connectivity index (χ0v) is 16.0. The molecule has 0 aliphatic carbocycles. The number of benzene rings is 1. The first-order chi connectivity index (χ1) is 10.7. The lowest BCUT2D eigenvalue weighted by atomic mass is 9.74. The Hall–Kier alpha value is -1.04. The maximum atomic E-state index is 6.42. The maximum absolute atomic E-state index is 6.42. The molecule has 0 fully saturated rings. The minimum absolute atomic E-state index is 0.162. The van der Waals surface area contributed by atoms with E-state index in [1.54, 1.807) is 24.5 Å². The second kappa shape index (κ2) is 6.83. The van der Waals surface area contributed by atoms with E-state index in [1.165, 1.54) is 0 Å². The van der Waals surface area contributed by atoms with Gasteiger partial charge in [-0.05, 0) is 36.8 Å². The van der Waals surface area contributed by atoms with E-state index in [0.29, 0.717) is 27.1 Å². The highest BCUT2D eigenvalue weighted by molar-refractivity contribution is 7.71. The monoisotopic (exact) mass is 373 g/mol. The van der Waals surface area contributed by atoms with Gasteiger partial charge in [0.2, 0.25) is 4.77 Å². The number of nitrogens with one attached hydrogen (secondary N) is 1. The number of hydrogen-bond acceptors (Lipinski definition) is 3. The Bertz CT molecular complexity index is 735. The lowest BCUT2D eigenvalue weighted by Gasteiger charge is -2.44. The van der Waals surface area contributed by atoms with Crippen LogP contribution in [0.25, 0.3) is 0 Å². The SMILES string of the molecule is CCC(Cn1[nH]cnc1=S)(Oc1ccc(Cl)cc1Cl)C(C)(C)C. The van der Waals surface area contributed by atoms with Gasteiger partial charge in [-0.2, -0.15) is 0 Å². The van der Waals surface area contributed by atoms with Gasteiger partial charge in [0.1, 0.15) is 17.7 Å². The van der Waals surface area contributed by atoms with E-state index < -0.39 is 5.60 Å². The molecule has 0 radical (unpaired) electrons. The molecule has 126 valence electrons. The van der Waals surface area contributed by atoms with Crippen molar-refractivity contribution in [3.63, 3.8) is 0 Å². The molecule has 7 heteroatoms. The molecule has 2 aromatic rings. The van der Waals surface area contributed by atoms with Gasteiger partial charge in [-0.25, -0.2) is 4.98 Å². The van der Waals surface area contributed by atoms with E-state index in [1.807, 2.05) is 4.68 Å². The van der Waals surface area contributed by atoms with Crippen LogP contribution in [0.5, 0.6) is 5.75 Å². The Balaban J connectivity index is 2.45. The minimum atomic E-state index is -0.519. The van der Waals surface area contributed by atoms with Crippen molar-refractivity contribution in [2.24, 2.45) is 5.41 Å². The fraction of sp³-hybridized carbons (Fsp3) is 0.500. The first kappa shape index (κ1) is 18.3. The van der Waals surface area contributed by atoms with Gasteiger partial charge in [-0.15, -0.1) is 0 Å². The Kier molecular flexibility index (Phi) is 5.44. The predicted octanol–water partition coefficient (Wildman–Crippen LogP) is 5.52. The summed E-state index contributed by atoms with van der Waals surface area (Å²) in [5.41, 5.74) is -0.681. The minimum Gasteiger partial charge on any atom is -0.483 e. The van der Waals surface area contributed by atoms with E-state index in [4.69, 9.17) is 40.2 Å². The van der Waals surface area contributed by atoms with Crippen molar-refractivity contribution in [3.8, 4) is 5.75 Å². The molecule has 0 spiro atoms. The molecule has 0 amide bonds. The molecule has 1 aromatic heterocycles. The third-order valence-corrected chi connectivity index (χ3v) is 5.03. The van der Waals surface area contributed by atoms with Gasteiger partial charge in [0.15, 0.2) is 0 Å². The van der Waals surface area contributed by atoms with Crippen LogP contribution in [0, 0.1) is 10.2 Å². The van der Waals surface area contributed by atoms with Crippen molar-refractivity contribution in [1.29, 1.82) is 0 Å². The van der Waals surface area contributed by atoms with E-state index in [2.05, 4.69) is 37.8 Å². The summed E-state index contributed by atoms with van der Waals surface area (Å²) in [6.07, 6.45) is 2.36. The average Bonchev–Trinajstić information content (AvgIpc) is 2.85. The van der Waals surface area contributed by atoms with Crippen LogP contribution in [0.2, 0.25) is 10.0 Å². The van der Waals surface area contributed by atoms with Gasteiger partial charge in [0, 0.05) is 10.4 Å². The molecule has 0 saturated carbocycles. The molecule has 1 aromatic carbocycles. The molecule has 2 rings (SSSR count). The highest BCUT2D eigenvalue weighted by atomic mass is 35.5. The van der Waals surface area contributed by atoms with Crippen LogP contribution in [-0.2, 0) is 6.54 Å². The van der Waals surface area contributed by atoms with Gasteiger partial charge in [0.05, 0.1) is 11.6 Å². The summed E-state index contributed by atoms with van der Waals surface area (Å²) in [7, 11) is 0. The van der Waals surface area contributed by atoms with Crippen LogP contribution in [0.3, 0.4) is 0 Å². The zero-order chi connectivity index (χ0) is 17.3. The van der Waals surface area contributed by atoms with Crippen molar-refractivity contribution in [2.75, 3.05) is 0 Å². The van der Waals surface area contributed by atoms with E-state index >= 15 is 0 Å². The highest BCUT2D eigenvalue weighted by Gasteiger charge is 2.44. The Morgan fingerprint density at radius 2 is 2.00 bits per heavy atom. The first-order valence-electron chi connectivity index (χ1n) is 7.43. The van der Waals surface area contributed by atoms with E-state index in [-0.39, 0.29) is 5.41 Å². The molecule has 1 unspecified atom stereocenters. The van der Waals surface area contributed by atoms with Crippen molar-refractivity contribution < 1.29 is 4.74 Å². The molecule has 4 nitrogen and oxygen atoms in total. The largest absolute Gasteiger partial charge is 0.483 e. The first-order valence-corrected chi connectivity index (χ1v) is 8.59. The predicted molar refractivity (Wildman–Crippen MR) is 97.0 cm³/mol. The molecule has 0 bridgehead atoms. The third-order valence-electron chi connectivity index (χ3n) is 4.17. The van der Waals surface area contributed by atoms with Crippen LogP contribution < -0.4 is 4.74 Å². The van der Waals surface area contributed by atoms with Gasteiger partial charge < -0.3 is 4.74 Å². The quantitative estimate of drug-likeness (QED) is 0.701. The smallest absolute Gasteiger partial charge is 0.215 e. The average molecular weight is 374 g/mol. The normalized spacial score (nSPS) is 14.5. The number of H-pyrrole nitrogens is 1. The summed E-state index contributed by atoms with van der Waals surface area (Å²) < 4.78 is 8.74. The Labute approximate surface area is 151 Å². The van der Waals surface area contributed by atoms with Gasteiger partial charge in [-0.3, -0.25) is 9.78 Å². The number of hydrogen-bond donors (Lipinski definition) is 1. The van der Waals surface area contributed by atoms with E-state index in [9.17, 15) is 0 Å². The Morgan fingerprint density at radius 1 is 1.30 bits per heavy atom. The fourth-order valence-corrected chi connectivity index (χ4v) is 3.17. The molecular formula is C16H21Cl2N3OS. The number of aromatic amines is 1. The number of aromatic nitrogens is 3. The lowest BCUT2D eigenvalue weighted by Crippen LogP contribution is -2.51. The van der Waals surface area contributed by atoms with Crippen LogP contribution in [0.1, 0.15) is 34.1 Å². The fourth-order valence-electron chi connectivity index (χ4n) is 2.55. The highest BCUT2D eigenvalue weighted by Crippen LogP contribution is 2.41. The standard InChI is InChI=1S/C16H21Cl2N3OS/c1-5-16(15(2,3)4,9-21-14(23)19-10-20-21)22-13-7-6-11(17)8-12(13)18/h6-8,10H,5,9H2,1-4H3,(H,19,20,23). The van der Waals surface area contributed by atoms with Crippen LogP contribution >= 0.6 is 35.4 Å². The molecule has 0 saturated heterocycles. The molecule has 1 atom stereocenters. The second-order valence-corrected chi connectivity index (χ2v) is 7.74. The number of ether oxygens (including phenoxy) is 1. The number of nitrogens with zero attached hydrogens (tertiary/aromatic N) is 2. The third kappa shape index (κ3) is 3.90. The summed E-state index contributed by atoms with van der Waals surface area (Å²) >= 11 is 17.5. The summed E-state index contributed by atoms with van der Waals surface area (Å²) in [5.74, 6) is 0.610. The number of halogens is 2. The van der Waals surface area contributed by atoms with Crippen molar-refractivity contribution in [3.05, 3.63) is 39.3 Å².